The second-order valence-corrected chi connectivity index (χ2v) is 7.77. The second-order valence-electron chi connectivity index (χ2n) is 6.68. The fourth-order valence-corrected chi connectivity index (χ4v) is 3.87. The molecule has 1 unspecified atom stereocenters. The molecule has 1 heterocycles. The molecule has 1 N–H and O–H groups in total. The fraction of sp³-hybridized carbons (Fsp3) is 0.812. The van der Waals surface area contributed by atoms with Gasteiger partial charge in [0, 0.05) is 24.4 Å². The number of methoxy groups -OCH3 is 1. The van der Waals surface area contributed by atoms with Gasteiger partial charge in [0.2, 0.25) is 0 Å². The van der Waals surface area contributed by atoms with Crippen LogP contribution in [0.25, 0.3) is 0 Å². The molecule has 0 radical (unpaired) electrons. The molecular weight excluding hydrogens is 268 g/mol. The third kappa shape index (κ3) is 3.60. The van der Waals surface area contributed by atoms with E-state index in [1.807, 2.05) is 11.3 Å². The second kappa shape index (κ2) is 6.54. The van der Waals surface area contributed by atoms with E-state index in [0.717, 1.165) is 18.1 Å². The summed E-state index contributed by atoms with van der Waals surface area (Å²) in [6.45, 7) is 10.9. The van der Waals surface area contributed by atoms with Crippen LogP contribution in [0.3, 0.4) is 0 Å². The van der Waals surface area contributed by atoms with Crippen molar-refractivity contribution < 1.29 is 4.74 Å². The van der Waals surface area contributed by atoms with E-state index in [-0.39, 0.29) is 5.60 Å². The SMILES string of the molecule is COC(C)(C)c1nc2c(s1)CCCC2CNCC(C)C. The molecule has 20 heavy (non-hydrogen) atoms. The zero-order chi connectivity index (χ0) is 14.8. The molecule has 3 nitrogen and oxygen atoms in total. The minimum absolute atomic E-state index is 0.266. The van der Waals surface area contributed by atoms with Crippen LogP contribution < -0.4 is 5.32 Å². The Labute approximate surface area is 127 Å². The molecule has 2 rings (SSSR count). The summed E-state index contributed by atoms with van der Waals surface area (Å²) < 4.78 is 5.58. The number of hydrogen-bond donors (Lipinski definition) is 1. The van der Waals surface area contributed by atoms with E-state index in [1.54, 1.807) is 7.11 Å². The maximum absolute atomic E-state index is 5.58. The van der Waals surface area contributed by atoms with Crippen LogP contribution in [0.2, 0.25) is 0 Å². The van der Waals surface area contributed by atoms with E-state index in [9.17, 15) is 0 Å². The van der Waals surface area contributed by atoms with Crippen LogP contribution in [-0.4, -0.2) is 25.2 Å². The normalized spacial score (nSPS) is 19.4. The topological polar surface area (TPSA) is 34.1 Å². The summed E-state index contributed by atoms with van der Waals surface area (Å²) in [6.07, 6.45) is 3.73. The number of aryl methyl sites for hydroxylation is 1. The molecule has 1 aliphatic rings. The highest BCUT2D eigenvalue weighted by Crippen LogP contribution is 2.38. The first-order valence-electron chi connectivity index (χ1n) is 7.70. The Morgan fingerprint density at radius 2 is 2.20 bits per heavy atom. The summed E-state index contributed by atoms with van der Waals surface area (Å²) in [5, 5.41) is 4.72. The number of rotatable bonds is 6. The van der Waals surface area contributed by atoms with Gasteiger partial charge in [-0.3, -0.25) is 0 Å². The number of nitrogens with one attached hydrogen (secondary N) is 1. The van der Waals surface area contributed by atoms with Gasteiger partial charge in [-0.2, -0.15) is 0 Å². The third-order valence-electron chi connectivity index (χ3n) is 4.04. The van der Waals surface area contributed by atoms with E-state index >= 15 is 0 Å². The number of nitrogens with zero attached hydrogens (tertiary/aromatic N) is 1. The smallest absolute Gasteiger partial charge is 0.125 e. The average molecular weight is 296 g/mol. The Balaban J connectivity index is 2.10. The molecule has 4 heteroatoms. The van der Waals surface area contributed by atoms with Crippen LogP contribution in [0.5, 0.6) is 0 Å². The van der Waals surface area contributed by atoms with E-state index in [4.69, 9.17) is 9.72 Å². The zero-order valence-electron chi connectivity index (χ0n) is 13.5. The molecule has 114 valence electrons. The summed E-state index contributed by atoms with van der Waals surface area (Å²) in [4.78, 5) is 6.41. The molecule has 0 amide bonds. The van der Waals surface area contributed by atoms with Crippen LogP contribution in [0.1, 0.15) is 62.0 Å². The van der Waals surface area contributed by atoms with Gasteiger partial charge in [-0.1, -0.05) is 13.8 Å². The molecule has 0 saturated carbocycles. The van der Waals surface area contributed by atoms with Crippen molar-refractivity contribution in [3.63, 3.8) is 0 Å². The number of fused-ring (bicyclic) bond motifs is 1. The van der Waals surface area contributed by atoms with Crippen LogP contribution in [-0.2, 0) is 16.8 Å². The molecule has 0 fully saturated rings. The van der Waals surface area contributed by atoms with Crippen molar-refractivity contribution in [2.45, 2.75) is 58.5 Å². The maximum atomic E-state index is 5.58. The van der Waals surface area contributed by atoms with Gasteiger partial charge in [0.25, 0.3) is 0 Å². The highest BCUT2D eigenvalue weighted by molar-refractivity contribution is 7.11. The number of hydrogen-bond acceptors (Lipinski definition) is 4. The molecule has 1 aromatic rings. The highest BCUT2D eigenvalue weighted by Gasteiger charge is 2.30. The fourth-order valence-electron chi connectivity index (χ4n) is 2.60. The largest absolute Gasteiger partial charge is 0.372 e. The summed E-state index contributed by atoms with van der Waals surface area (Å²) in [7, 11) is 1.77. The van der Waals surface area contributed by atoms with Crippen molar-refractivity contribution in [1.82, 2.24) is 10.3 Å². The van der Waals surface area contributed by atoms with Gasteiger partial charge in [-0.05, 0) is 45.6 Å². The Morgan fingerprint density at radius 1 is 1.45 bits per heavy atom. The van der Waals surface area contributed by atoms with Gasteiger partial charge in [0.15, 0.2) is 0 Å². The first-order valence-corrected chi connectivity index (χ1v) is 8.51. The lowest BCUT2D eigenvalue weighted by Crippen LogP contribution is -2.27. The highest BCUT2D eigenvalue weighted by atomic mass is 32.1. The van der Waals surface area contributed by atoms with Gasteiger partial charge >= 0.3 is 0 Å². The lowest BCUT2D eigenvalue weighted by molar-refractivity contribution is 0.0189. The molecular formula is C16H28N2OS. The van der Waals surface area contributed by atoms with Crippen LogP contribution >= 0.6 is 11.3 Å². The van der Waals surface area contributed by atoms with Gasteiger partial charge in [0.05, 0.1) is 5.69 Å². The van der Waals surface area contributed by atoms with E-state index in [1.165, 1.54) is 29.8 Å². The minimum Gasteiger partial charge on any atom is -0.372 e. The van der Waals surface area contributed by atoms with Crippen LogP contribution in [0.15, 0.2) is 0 Å². The Morgan fingerprint density at radius 3 is 2.85 bits per heavy atom. The van der Waals surface area contributed by atoms with Gasteiger partial charge in [-0.25, -0.2) is 4.98 Å². The van der Waals surface area contributed by atoms with Crippen molar-refractivity contribution in [3.05, 3.63) is 15.6 Å². The van der Waals surface area contributed by atoms with Crippen molar-refractivity contribution in [3.8, 4) is 0 Å². The Bertz CT molecular complexity index is 440. The molecule has 0 aromatic carbocycles. The molecule has 1 atom stereocenters. The number of ether oxygens (including phenoxy) is 1. The molecule has 1 aromatic heterocycles. The quantitative estimate of drug-likeness (QED) is 0.869. The predicted molar refractivity (Wildman–Crippen MR) is 85.5 cm³/mol. The lowest BCUT2D eigenvalue weighted by atomic mass is 9.91. The van der Waals surface area contributed by atoms with Crippen molar-refractivity contribution in [2.24, 2.45) is 5.92 Å². The maximum Gasteiger partial charge on any atom is 0.125 e. The number of thiazole rings is 1. The van der Waals surface area contributed by atoms with Gasteiger partial charge < -0.3 is 10.1 Å². The monoisotopic (exact) mass is 296 g/mol. The van der Waals surface area contributed by atoms with Crippen molar-refractivity contribution in [1.29, 1.82) is 0 Å². The van der Waals surface area contributed by atoms with E-state index in [0.29, 0.717) is 11.8 Å². The lowest BCUT2D eigenvalue weighted by Gasteiger charge is -2.22. The predicted octanol–water partition coefficient (Wildman–Crippen LogP) is 3.69. The first-order chi connectivity index (χ1) is 9.44. The molecule has 0 spiro atoms. The zero-order valence-corrected chi connectivity index (χ0v) is 14.3. The molecule has 0 aliphatic heterocycles. The average Bonchev–Trinajstić information content (AvgIpc) is 2.84. The third-order valence-corrected chi connectivity index (χ3v) is 5.48. The van der Waals surface area contributed by atoms with E-state index < -0.39 is 0 Å². The molecule has 0 bridgehead atoms. The van der Waals surface area contributed by atoms with E-state index in [2.05, 4.69) is 33.0 Å². The number of aromatic nitrogens is 1. The molecule has 0 saturated heterocycles. The van der Waals surface area contributed by atoms with Gasteiger partial charge in [-0.15, -0.1) is 11.3 Å². The minimum atomic E-state index is -0.266. The van der Waals surface area contributed by atoms with Crippen LogP contribution in [0.4, 0.5) is 0 Å². The summed E-state index contributed by atoms with van der Waals surface area (Å²) >= 11 is 1.85. The Kier molecular flexibility index (Phi) is 5.21. The van der Waals surface area contributed by atoms with Crippen molar-refractivity contribution in [2.75, 3.05) is 20.2 Å². The standard InChI is InChI=1S/C16H28N2OS/c1-11(2)9-17-10-12-7-6-8-13-14(12)18-15(20-13)16(3,4)19-5/h11-12,17H,6-10H2,1-5H3. The van der Waals surface area contributed by atoms with Crippen molar-refractivity contribution >= 4 is 11.3 Å². The Hall–Kier alpha value is -0.450. The summed E-state index contributed by atoms with van der Waals surface area (Å²) in [5.41, 5.74) is 1.07. The first kappa shape index (κ1) is 15.9. The summed E-state index contributed by atoms with van der Waals surface area (Å²) in [5.74, 6) is 1.28. The molecule has 1 aliphatic carbocycles. The van der Waals surface area contributed by atoms with Crippen LogP contribution in [0, 0.1) is 5.92 Å². The van der Waals surface area contributed by atoms with Gasteiger partial charge in [0.1, 0.15) is 10.6 Å². The summed E-state index contributed by atoms with van der Waals surface area (Å²) in [6, 6.07) is 0.